The molecule has 4 heteroatoms. The van der Waals surface area contributed by atoms with Crippen LogP contribution in [-0.4, -0.2) is 9.28 Å². The maximum absolute atomic E-state index is 4.81. The topological polar surface area (TPSA) is 78.1 Å². The molecule has 26 valence electrons. The third-order valence-electron chi connectivity index (χ3n) is 0. The quantitative estimate of drug-likeness (QED) is 0.281. The first kappa shape index (κ1) is 4.10. The van der Waals surface area contributed by atoms with Gasteiger partial charge in [0.2, 0.25) is 0 Å². The highest BCUT2D eigenvalue weighted by atomic mass is 28.3. The van der Waals surface area contributed by atoms with Crippen molar-refractivity contribution in [3.63, 3.8) is 0 Å². The van der Waals surface area contributed by atoms with Crippen LogP contribution >= 0.6 is 0 Å². The summed E-state index contributed by atoms with van der Waals surface area (Å²) in [5.41, 5.74) is 0. The Morgan fingerprint density at radius 3 is 1.00 bits per heavy atom. The summed E-state index contributed by atoms with van der Waals surface area (Å²) in [6.45, 7) is 0. The summed E-state index contributed by atoms with van der Waals surface area (Å²) in [4.78, 5) is 0. The number of nitrogens with two attached hydrogens (primary N) is 3. The van der Waals surface area contributed by atoms with E-state index in [2.05, 4.69) is 0 Å². The minimum atomic E-state index is -1.64. The number of hydrogen-bond donors (Lipinski definition) is 3. The monoisotopic (exact) mass is 77.0 g/mol. The van der Waals surface area contributed by atoms with E-state index in [1.54, 1.807) is 0 Å². The fraction of sp³-hybridized carbons (Fsp3) is 0. The summed E-state index contributed by atoms with van der Waals surface area (Å²) >= 11 is 0. The van der Waals surface area contributed by atoms with Crippen molar-refractivity contribution in [2.45, 2.75) is 0 Å². The molecule has 0 aliphatic rings. The van der Waals surface area contributed by atoms with Gasteiger partial charge in [-0.3, -0.25) is 0 Å². The molecule has 0 aromatic carbocycles. The maximum atomic E-state index is 4.81. The molecule has 0 fully saturated rings. The SMILES string of the molecule is N[SiH](N)N. The van der Waals surface area contributed by atoms with E-state index < -0.39 is 9.28 Å². The van der Waals surface area contributed by atoms with Gasteiger partial charge in [-0.25, -0.2) is 0 Å². The fourth-order valence-corrected chi connectivity index (χ4v) is 0. The molecule has 0 atom stereocenters. The highest BCUT2D eigenvalue weighted by Crippen LogP contribution is 1.06. The van der Waals surface area contributed by atoms with Crippen molar-refractivity contribution >= 4 is 9.28 Å². The predicted octanol–water partition coefficient (Wildman–Crippen LogP) is -2.42. The van der Waals surface area contributed by atoms with Gasteiger partial charge in [0.05, 0.1) is 0 Å². The van der Waals surface area contributed by atoms with Crippen LogP contribution in [0, 0.1) is 0 Å². The highest BCUT2D eigenvalue weighted by Gasteiger charge is 1.72. The molecule has 0 bridgehead atoms. The average molecular weight is 77.2 g/mol. The zero-order valence-corrected chi connectivity index (χ0v) is 3.46. The van der Waals surface area contributed by atoms with E-state index in [1.165, 1.54) is 0 Å². The Morgan fingerprint density at radius 2 is 1.00 bits per heavy atom. The van der Waals surface area contributed by atoms with E-state index in [1.807, 2.05) is 0 Å². The smallest absolute Gasteiger partial charge is 0.256 e. The molecule has 0 heterocycles. The van der Waals surface area contributed by atoms with Crippen molar-refractivity contribution in [2.75, 3.05) is 0 Å². The molecule has 4 heavy (non-hydrogen) atoms. The molecule has 0 rings (SSSR count). The second-order valence-electron chi connectivity index (χ2n) is 0.577. The lowest BCUT2D eigenvalue weighted by Crippen LogP contribution is -2.46. The van der Waals surface area contributed by atoms with Crippen molar-refractivity contribution < 1.29 is 0 Å². The first-order valence-electron chi connectivity index (χ1n) is 1.00. The summed E-state index contributed by atoms with van der Waals surface area (Å²) in [7, 11) is -1.64. The Hall–Kier alpha value is 0.0969. The van der Waals surface area contributed by atoms with Gasteiger partial charge in [-0.1, -0.05) is 0 Å². The molecular formula is H7N3Si. The third-order valence-corrected chi connectivity index (χ3v) is 0. The molecule has 0 unspecified atom stereocenters. The third kappa shape index (κ3) is 269. The molecule has 0 radical (unpaired) electrons. The molecule has 0 amide bonds. The van der Waals surface area contributed by atoms with E-state index in [0.29, 0.717) is 0 Å². The summed E-state index contributed by atoms with van der Waals surface area (Å²) in [5, 5.41) is 14.4. The molecule has 6 N–H and O–H groups in total. The molecule has 0 aromatic rings. The van der Waals surface area contributed by atoms with E-state index in [0.717, 1.165) is 0 Å². The van der Waals surface area contributed by atoms with Gasteiger partial charge < -0.3 is 16.2 Å². The summed E-state index contributed by atoms with van der Waals surface area (Å²) in [6.07, 6.45) is 0. The van der Waals surface area contributed by atoms with Crippen LogP contribution < -0.4 is 16.2 Å². The zero-order valence-electron chi connectivity index (χ0n) is 2.31. The maximum Gasteiger partial charge on any atom is 0.256 e. The fourth-order valence-electron chi connectivity index (χ4n) is 0. The minimum absolute atomic E-state index is 1.64. The Bertz CT molecular complexity index is 8.00. The van der Waals surface area contributed by atoms with Crippen LogP contribution in [0.25, 0.3) is 0 Å². The molecule has 0 saturated heterocycles. The Kier molecular flexibility index (Phi) is 1.45. The Balaban J connectivity index is 2.32. The predicted molar refractivity (Wildman–Crippen MR) is 19.7 cm³/mol. The van der Waals surface area contributed by atoms with Gasteiger partial charge >= 0.3 is 0 Å². The molecule has 0 aliphatic carbocycles. The van der Waals surface area contributed by atoms with Crippen molar-refractivity contribution in [1.29, 1.82) is 0 Å². The molecule has 3 nitrogen and oxygen atoms in total. The average Bonchev–Trinajstić information content (AvgIpc) is 0.811. The highest BCUT2D eigenvalue weighted by molar-refractivity contribution is 6.47. The van der Waals surface area contributed by atoms with Crippen LogP contribution in [-0.2, 0) is 0 Å². The Morgan fingerprint density at radius 1 is 1.00 bits per heavy atom. The lowest BCUT2D eigenvalue weighted by molar-refractivity contribution is 1.55. The lowest BCUT2D eigenvalue weighted by atomic mass is 13.8. The summed E-state index contributed by atoms with van der Waals surface area (Å²) < 4.78 is 0. The van der Waals surface area contributed by atoms with Crippen molar-refractivity contribution in [1.82, 2.24) is 0 Å². The van der Waals surface area contributed by atoms with Crippen molar-refractivity contribution in [3.05, 3.63) is 0 Å². The van der Waals surface area contributed by atoms with Crippen LogP contribution in [0.3, 0.4) is 0 Å². The normalized spacial score (nSPS) is 9.00. The lowest BCUT2D eigenvalue weighted by Gasteiger charge is -1.79. The van der Waals surface area contributed by atoms with E-state index in [4.69, 9.17) is 16.2 Å². The van der Waals surface area contributed by atoms with Crippen LogP contribution in [0.5, 0.6) is 0 Å². The second-order valence-corrected chi connectivity index (χ2v) is 1.73. The first-order chi connectivity index (χ1) is 1.73. The van der Waals surface area contributed by atoms with E-state index >= 15 is 0 Å². The number of hydrogen-bond acceptors (Lipinski definition) is 3. The molecule has 0 aliphatic heterocycles. The van der Waals surface area contributed by atoms with Crippen LogP contribution in [0.15, 0.2) is 0 Å². The van der Waals surface area contributed by atoms with Gasteiger partial charge in [0.25, 0.3) is 9.28 Å². The largest absolute Gasteiger partial charge is 0.330 e. The molecule has 0 aromatic heterocycles. The van der Waals surface area contributed by atoms with Gasteiger partial charge in [-0.15, -0.1) is 0 Å². The molecular weight excluding hydrogens is 70.1 g/mol. The first-order valence-corrected chi connectivity index (χ1v) is 3.00. The van der Waals surface area contributed by atoms with E-state index in [-0.39, 0.29) is 0 Å². The Labute approximate surface area is 26.6 Å². The summed E-state index contributed by atoms with van der Waals surface area (Å²) in [6, 6.07) is 0. The van der Waals surface area contributed by atoms with Crippen LogP contribution in [0.1, 0.15) is 0 Å². The van der Waals surface area contributed by atoms with E-state index in [9.17, 15) is 0 Å². The van der Waals surface area contributed by atoms with Gasteiger partial charge in [-0.05, 0) is 0 Å². The second kappa shape index (κ2) is 1.42. The summed E-state index contributed by atoms with van der Waals surface area (Å²) in [5.74, 6) is 0. The van der Waals surface area contributed by atoms with Gasteiger partial charge in [0, 0.05) is 0 Å². The minimum Gasteiger partial charge on any atom is -0.330 e. The standard InChI is InChI=1S/H7N3Si/c1-4(2)3/h4H,1-3H2. The van der Waals surface area contributed by atoms with Crippen molar-refractivity contribution in [2.24, 2.45) is 16.2 Å². The van der Waals surface area contributed by atoms with Gasteiger partial charge in [0.1, 0.15) is 0 Å². The molecule has 0 saturated carbocycles. The zero-order chi connectivity index (χ0) is 3.58. The molecule has 0 spiro atoms. The van der Waals surface area contributed by atoms with Gasteiger partial charge in [0.15, 0.2) is 0 Å². The van der Waals surface area contributed by atoms with Gasteiger partial charge in [-0.2, -0.15) is 0 Å². The van der Waals surface area contributed by atoms with Crippen LogP contribution in [0.2, 0.25) is 0 Å². The van der Waals surface area contributed by atoms with Crippen molar-refractivity contribution in [3.8, 4) is 0 Å². The van der Waals surface area contributed by atoms with Crippen LogP contribution in [0.4, 0.5) is 0 Å². The number of rotatable bonds is 0.